The van der Waals surface area contributed by atoms with Crippen LogP contribution in [0, 0.1) is 37.8 Å². The SMILES string of the molecule is C[Si](C)(C)c1cnc(-c2[c-]cccc2)cc1CC1CCCC1.Cc1ccc2c(n1)oc1c(-c3cc(C(C)C(C)C)c(C)cn3)[c-]ccc12.[Ir]. The number of nitrogens with zero attached hydrogens (tertiary/aromatic N) is 3. The molecule has 4 nitrogen and oxygen atoms in total. The van der Waals surface area contributed by atoms with Gasteiger partial charge in [0.05, 0.1) is 13.7 Å². The molecule has 0 bridgehead atoms. The number of hydrogen-bond acceptors (Lipinski definition) is 4. The van der Waals surface area contributed by atoms with Crippen molar-refractivity contribution in [2.24, 2.45) is 11.8 Å². The molecule has 0 aliphatic heterocycles. The molecule has 1 fully saturated rings. The van der Waals surface area contributed by atoms with E-state index in [0.29, 0.717) is 17.5 Å². The van der Waals surface area contributed by atoms with E-state index in [9.17, 15) is 0 Å². The Hall–Kier alpha value is -3.44. The van der Waals surface area contributed by atoms with Gasteiger partial charge in [-0.25, -0.2) is 4.98 Å². The van der Waals surface area contributed by atoms with Crippen molar-refractivity contribution in [1.82, 2.24) is 15.0 Å². The smallest absolute Gasteiger partial charge is 0.216 e. The van der Waals surface area contributed by atoms with Gasteiger partial charge in [0.2, 0.25) is 5.71 Å². The van der Waals surface area contributed by atoms with Crippen molar-refractivity contribution in [3.63, 3.8) is 0 Å². The summed E-state index contributed by atoms with van der Waals surface area (Å²) in [5, 5.41) is 3.63. The number of hydrogen-bond donors (Lipinski definition) is 0. The molecule has 7 rings (SSSR count). The first kappa shape index (κ1) is 36.8. The number of aryl methyl sites for hydroxylation is 2. The third kappa shape index (κ3) is 8.31. The van der Waals surface area contributed by atoms with Gasteiger partial charge < -0.3 is 14.4 Å². The number of benzene rings is 2. The first-order valence-electron chi connectivity index (χ1n) is 17.6. The van der Waals surface area contributed by atoms with Crippen LogP contribution >= 0.6 is 0 Å². The topological polar surface area (TPSA) is 51.8 Å². The molecule has 0 spiro atoms. The third-order valence-corrected chi connectivity index (χ3v) is 12.2. The molecule has 4 heterocycles. The average molecular weight is 844 g/mol. The Morgan fingerprint density at radius 3 is 2.31 bits per heavy atom. The number of aromatic nitrogens is 3. The van der Waals surface area contributed by atoms with E-state index >= 15 is 0 Å². The van der Waals surface area contributed by atoms with Gasteiger partial charge in [0.15, 0.2) is 0 Å². The molecule has 1 radical (unpaired) electrons. The third-order valence-electron chi connectivity index (χ3n) is 10.1. The van der Waals surface area contributed by atoms with Gasteiger partial charge in [-0.2, -0.15) is 0 Å². The molecule has 6 heteroatoms. The summed E-state index contributed by atoms with van der Waals surface area (Å²) in [4.78, 5) is 14.0. The Morgan fingerprint density at radius 2 is 1.61 bits per heavy atom. The number of pyridine rings is 3. The van der Waals surface area contributed by atoms with E-state index in [0.717, 1.165) is 50.5 Å². The largest absolute Gasteiger partial charge is 0.486 e. The zero-order valence-electron chi connectivity index (χ0n) is 30.3. The monoisotopic (exact) mass is 844 g/mol. The minimum absolute atomic E-state index is 0. The van der Waals surface area contributed by atoms with Crippen LogP contribution in [0.25, 0.3) is 44.6 Å². The van der Waals surface area contributed by atoms with Gasteiger partial charge in [-0.15, -0.1) is 54.1 Å². The summed E-state index contributed by atoms with van der Waals surface area (Å²) < 4.78 is 6.11. The van der Waals surface area contributed by atoms with Crippen LogP contribution in [0.5, 0.6) is 0 Å². The van der Waals surface area contributed by atoms with Crippen molar-refractivity contribution >= 4 is 35.3 Å². The number of furan rings is 1. The van der Waals surface area contributed by atoms with Crippen LogP contribution in [0.15, 0.2) is 77.5 Å². The number of rotatable bonds is 7. The molecule has 6 aromatic rings. The maximum absolute atomic E-state index is 6.11. The molecule has 2 aromatic carbocycles. The fraction of sp³-hybridized carbons (Fsp3) is 0.372. The standard InChI is InChI=1S/C23H23N2O.C20H26NSi.Ir/c1-13(2)16(5)20-11-21(24-12-14(20)3)19-8-6-7-17-18-10-9-15(4)25-23(18)26-22(17)19;1-22(2,3)20-15-21-19(17-11-5-4-6-12-17)14-18(20)13-16-9-7-8-10-16;/h6-7,9-13,16H,1-5H3;4-6,11,14-16H,7-10,13H2,1-3H3;/q2*-1;. The summed E-state index contributed by atoms with van der Waals surface area (Å²) in [7, 11) is -1.35. The molecule has 1 aliphatic rings. The average Bonchev–Trinajstić information content (AvgIpc) is 3.72. The van der Waals surface area contributed by atoms with Crippen LogP contribution < -0.4 is 5.19 Å². The zero-order chi connectivity index (χ0) is 34.0. The van der Waals surface area contributed by atoms with Crippen LogP contribution in [0.3, 0.4) is 0 Å². The van der Waals surface area contributed by atoms with Crippen LogP contribution in [-0.2, 0) is 26.5 Å². The molecule has 4 aromatic heterocycles. The molecule has 49 heavy (non-hydrogen) atoms. The summed E-state index contributed by atoms with van der Waals surface area (Å²) >= 11 is 0. The Labute approximate surface area is 307 Å². The maximum Gasteiger partial charge on any atom is 0.216 e. The van der Waals surface area contributed by atoms with Crippen LogP contribution in [0.2, 0.25) is 19.6 Å². The van der Waals surface area contributed by atoms with Gasteiger partial charge in [-0.3, -0.25) is 0 Å². The molecule has 257 valence electrons. The summed E-state index contributed by atoms with van der Waals surface area (Å²) in [5.41, 5.74) is 10.5. The zero-order valence-corrected chi connectivity index (χ0v) is 33.7. The van der Waals surface area contributed by atoms with Gasteiger partial charge in [-0.05, 0) is 77.9 Å². The van der Waals surface area contributed by atoms with E-state index in [2.05, 4.69) is 106 Å². The van der Waals surface area contributed by atoms with E-state index in [1.807, 2.05) is 43.5 Å². The van der Waals surface area contributed by atoms with Crippen molar-refractivity contribution < 1.29 is 24.5 Å². The van der Waals surface area contributed by atoms with Gasteiger partial charge in [0.25, 0.3) is 0 Å². The van der Waals surface area contributed by atoms with Crippen LogP contribution in [-0.4, -0.2) is 23.0 Å². The predicted molar refractivity (Wildman–Crippen MR) is 203 cm³/mol. The minimum Gasteiger partial charge on any atom is -0.486 e. The second kappa shape index (κ2) is 15.6. The Morgan fingerprint density at radius 1 is 0.857 bits per heavy atom. The predicted octanol–water partition coefficient (Wildman–Crippen LogP) is 11.0. The van der Waals surface area contributed by atoms with E-state index in [4.69, 9.17) is 9.40 Å². The van der Waals surface area contributed by atoms with Gasteiger partial charge in [-0.1, -0.05) is 94.7 Å². The fourth-order valence-electron chi connectivity index (χ4n) is 7.00. The normalized spacial score (nSPS) is 14.1. The molecule has 0 amide bonds. The Bertz CT molecular complexity index is 2020. The summed E-state index contributed by atoms with van der Waals surface area (Å²) in [5.74, 6) is 1.92. The molecule has 1 unspecified atom stereocenters. The summed E-state index contributed by atoms with van der Waals surface area (Å²) in [6.45, 7) is 18.2. The molecular formula is C43H49IrN3OSi-2. The van der Waals surface area contributed by atoms with Crippen molar-refractivity contribution in [3.05, 3.63) is 108 Å². The Balaban J connectivity index is 0.000000190. The van der Waals surface area contributed by atoms with Crippen LogP contribution in [0.4, 0.5) is 0 Å². The molecule has 1 atom stereocenters. The van der Waals surface area contributed by atoms with Gasteiger partial charge in [0.1, 0.15) is 0 Å². The summed E-state index contributed by atoms with van der Waals surface area (Å²) in [6.07, 6.45) is 11.0. The van der Waals surface area contributed by atoms with Crippen molar-refractivity contribution in [2.75, 3.05) is 0 Å². The van der Waals surface area contributed by atoms with E-state index < -0.39 is 8.07 Å². The van der Waals surface area contributed by atoms with E-state index in [1.54, 1.807) is 10.8 Å². The van der Waals surface area contributed by atoms with Crippen molar-refractivity contribution in [1.29, 1.82) is 0 Å². The fourth-order valence-corrected chi connectivity index (χ4v) is 8.59. The first-order valence-corrected chi connectivity index (χ1v) is 21.1. The van der Waals surface area contributed by atoms with Gasteiger partial charge in [0, 0.05) is 43.6 Å². The van der Waals surface area contributed by atoms with Crippen molar-refractivity contribution in [3.8, 4) is 22.5 Å². The minimum atomic E-state index is -1.35. The maximum atomic E-state index is 6.11. The second-order valence-electron chi connectivity index (χ2n) is 15.1. The van der Waals surface area contributed by atoms with E-state index in [1.165, 1.54) is 43.2 Å². The van der Waals surface area contributed by atoms with Crippen molar-refractivity contribution in [2.45, 2.75) is 92.3 Å². The quantitative estimate of drug-likeness (QED) is 0.119. The Kier molecular flexibility index (Phi) is 11.7. The van der Waals surface area contributed by atoms with Crippen LogP contribution in [0.1, 0.15) is 74.8 Å². The molecular weight excluding hydrogens is 795 g/mol. The second-order valence-corrected chi connectivity index (χ2v) is 20.1. The molecule has 0 N–H and O–H groups in total. The number of fused-ring (bicyclic) bond motifs is 3. The molecule has 1 aliphatic carbocycles. The van der Waals surface area contributed by atoms with E-state index in [-0.39, 0.29) is 20.1 Å². The molecule has 0 saturated heterocycles. The van der Waals surface area contributed by atoms with Gasteiger partial charge >= 0.3 is 0 Å². The summed E-state index contributed by atoms with van der Waals surface area (Å²) in [6, 6.07) is 27.4. The first-order chi connectivity index (χ1) is 23.0. The molecule has 1 saturated carbocycles.